The van der Waals surface area contributed by atoms with Crippen LogP contribution >= 0.6 is 11.6 Å². The summed E-state index contributed by atoms with van der Waals surface area (Å²) in [6.45, 7) is 0.529. The van der Waals surface area contributed by atoms with Crippen molar-refractivity contribution in [2.75, 3.05) is 11.6 Å². The zero-order valence-electron chi connectivity index (χ0n) is 10.6. The molecule has 2 rings (SSSR count). The molecule has 0 aliphatic carbocycles. The first-order valence-electron chi connectivity index (χ1n) is 5.57. The maximum atomic E-state index is 11.5. The van der Waals surface area contributed by atoms with Gasteiger partial charge < -0.3 is 5.32 Å². The van der Waals surface area contributed by atoms with E-state index in [1.54, 1.807) is 16.9 Å². The number of sulfone groups is 1. The molecule has 0 aliphatic rings. The summed E-state index contributed by atoms with van der Waals surface area (Å²) in [5.41, 5.74) is 1.58. The lowest BCUT2D eigenvalue weighted by Crippen LogP contribution is -2.02. The quantitative estimate of drug-likeness (QED) is 0.939. The van der Waals surface area contributed by atoms with Gasteiger partial charge in [-0.05, 0) is 18.2 Å². The summed E-state index contributed by atoms with van der Waals surface area (Å²) in [4.78, 5) is 0.241. The minimum atomic E-state index is -3.24. The summed E-state index contributed by atoms with van der Waals surface area (Å²) in [5.74, 6) is 0. The third-order valence-corrected chi connectivity index (χ3v) is 4.05. The summed E-state index contributed by atoms with van der Waals surface area (Å²) in [6, 6.07) is 4.60. The van der Waals surface area contributed by atoms with Gasteiger partial charge in [0.15, 0.2) is 9.84 Å². The Morgan fingerprint density at radius 2 is 2.16 bits per heavy atom. The normalized spacial score (nSPS) is 11.5. The summed E-state index contributed by atoms with van der Waals surface area (Å²) >= 11 is 6.04. The molecule has 0 bridgehead atoms. The molecule has 0 spiro atoms. The van der Waals surface area contributed by atoms with E-state index < -0.39 is 9.84 Å². The summed E-state index contributed by atoms with van der Waals surface area (Å²) < 4.78 is 24.7. The fourth-order valence-corrected chi connectivity index (χ4v) is 2.46. The van der Waals surface area contributed by atoms with Gasteiger partial charge in [-0.3, -0.25) is 4.68 Å². The number of aromatic nitrogens is 2. The van der Waals surface area contributed by atoms with E-state index in [0.29, 0.717) is 17.3 Å². The monoisotopic (exact) mass is 299 g/mol. The lowest BCUT2D eigenvalue weighted by atomic mass is 10.3. The van der Waals surface area contributed by atoms with E-state index in [1.807, 2.05) is 13.2 Å². The molecule has 1 aromatic carbocycles. The molecule has 0 amide bonds. The molecule has 2 aromatic rings. The molecule has 1 N–H and O–H groups in total. The van der Waals surface area contributed by atoms with Crippen LogP contribution in [0.1, 0.15) is 5.56 Å². The predicted octanol–water partition coefficient (Wildman–Crippen LogP) is 2.09. The molecule has 0 aliphatic heterocycles. The molecule has 0 saturated heterocycles. The van der Waals surface area contributed by atoms with Crippen molar-refractivity contribution in [1.29, 1.82) is 0 Å². The van der Waals surface area contributed by atoms with E-state index in [-0.39, 0.29) is 4.90 Å². The highest BCUT2D eigenvalue weighted by atomic mass is 35.5. The molecule has 1 aromatic heterocycles. The van der Waals surface area contributed by atoms with E-state index in [0.717, 1.165) is 5.56 Å². The van der Waals surface area contributed by atoms with Crippen molar-refractivity contribution in [1.82, 2.24) is 9.78 Å². The first kappa shape index (κ1) is 13.9. The van der Waals surface area contributed by atoms with Gasteiger partial charge in [0.1, 0.15) is 0 Å². The van der Waals surface area contributed by atoms with Crippen LogP contribution in [0.2, 0.25) is 5.02 Å². The number of hydrogen-bond acceptors (Lipinski definition) is 4. The molecule has 0 fully saturated rings. The number of benzene rings is 1. The number of nitrogens with one attached hydrogen (secondary N) is 1. The van der Waals surface area contributed by atoms with Gasteiger partial charge in [-0.25, -0.2) is 8.42 Å². The van der Waals surface area contributed by atoms with E-state index in [9.17, 15) is 8.42 Å². The zero-order valence-corrected chi connectivity index (χ0v) is 12.2. The summed E-state index contributed by atoms with van der Waals surface area (Å²) in [5, 5.41) is 7.64. The molecule has 1 heterocycles. The molecule has 0 atom stereocenters. The van der Waals surface area contributed by atoms with Gasteiger partial charge in [0.05, 0.1) is 21.8 Å². The smallest absolute Gasteiger partial charge is 0.175 e. The second-order valence-corrected chi connectivity index (χ2v) is 6.71. The largest absolute Gasteiger partial charge is 0.380 e. The van der Waals surface area contributed by atoms with Gasteiger partial charge in [-0.2, -0.15) is 5.10 Å². The Balaban J connectivity index is 2.20. The Bertz CT molecular complexity index is 695. The van der Waals surface area contributed by atoms with Crippen molar-refractivity contribution in [3.63, 3.8) is 0 Å². The second kappa shape index (κ2) is 5.22. The topological polar surface area (TPSA) is 64.0 Å². The Morgan fingerprint density at radius 1 is 1.42 bits per heavy atom. The predicted molar refractivity (Wildman–Crippen MR) is 75.1 cm³/mol. The lowest BCUT2D eigenvalue weighted by Gasteiger charge is -2.09. The second-order valence-electron chi connectivity index (χ2n) is 4.29. The van der Waals surface area contributed by atoms with Crippen molar-refractivity contribution in [3.8, 4) is 0 Å². The highest BCUT2D eigenvalue weighted by Crippen LogP contribution is 2.25. The van der Waals surface area contributed by atoms with Crippen LogP contribution in [0, 0.1) is 0 Å². The SMILES string of the molecule is Cn1cc(CNc2cc(S(C)(=O)=O)ccc2Cl)cn1. The Kier molecular flexibility index (Phi) is 3.82. The first-order valence-corrected chi connectivity index (χ1v) is 7.84. The van der Waals surface area contributed by atoms with Crippen LogP contribution in [0.5, 0.6) is 0 Å². The Morgan fingerprint density at radius 3 is 2.74 bits per heavy atom. The molecule has 19 heavy (non-hydrogen) atoms. The van der Waals surface area contributed by atoms with Gasteiger partial charge in [0, 0.05) is 31.6 Å². The van der Waals surface area contributed by atoms with Crippen molar-refractivity contribution in [3.05, 3.63) is 41.2 Å². The number of halogens is 1. The highest BCUT2D eigenvalue weighted by molar-refractivity contribution is 7.90. The van der Waals surface area contributed by atoms with E-state index in [2.05, 4.69) is 10.4 Å². The van der Waals surface area contributed by atoms with Crippen LogP contribution in [-0.2, 0) is 23.4 Å². The lowest BCUT2D eigenvalue weighted by molar-refractivity contribution is 0.602. The van der Waals surface area contributed by atoms with Gasteiger partial charge in [-0.1, -0.05) is 11.6 Å². The van der Waals surface area contributed by atoms with Gasteiger partial charge in [0.25, 0.3) is 0 Å². The van der Waals surface area contributed by atoms with Crippen molar-refractivity contribution < 1.29 is 8.42 Å². The molecule has 0 radical (unpaired) electrons. The maximum Gasteiger partial charge on any atom is 0.175 e. The van der Waals surface area contributed by atoms with E-state index in [4.69, 9.17) is 11.6 Å². The van der Waals surface area contributed by atoms with Crippen molar-refractivity contribution in [2.24, 2.45) is 7.05 Å². The van der Waals surface area contributed by atoms with Crippen LogP contribution in [-0.4, -0.2) is 24.5 Å². The van der Waals surface area contributed by atoms with Gasteiger partial charge in [-0.15, -0.1) is 0 Å². The number of rotatable bonds is 4. The summed E-state index contributed by atoms with van der Waals surface area (Å²) in [6.07, 6.45) is 4.78. The molecule has 7 heteroatoms. The summed E-state index contributed by atoms with van der Waals surface area (Å²) in [7, 11) is -1.40. The fraction of sp³-hybridized carbons (Fsp3) is 0.250. The first-order chi connectivity index (χ1) is 8.86. The standard InChI is InChI=1S/C12H14ClN3O2S/c1-16-8-9(7-15-16)6-14-12-5-10(19(2,17)18)3-4-11(12)13/h3-5,7-8,14H,6H2,1-2H3. The molecule has 5 nitrogen and oxygen atoms in total. The molecular weight excluding hydrogens is 286 g/mol. The fourth-order valence-electron chi connectivity index (χ4n) is 1.63. The molecule has 0 unspecified atom stereocenters. The third-order valence-electron chi connectivity index (χ3n) is 2.61. The van der Waals surface area contributed by atoms with Crippen molar-refractivity contribution >= 4 is 27.1 Å². The number of anilines is 1. The minimum Gasteiger partial charge on any atom is -0.380 e. The Hall–Kier alpha value is -1.53. The number of hydrogen-bond donors (Lipinski definition) is 1. The third kappa shape index (κ3) is 3.48. The van der Waals surface area contributed by atoms with Crippen LogP contribution in [0.15, 0.2) is 35.5 Å². The Labute approximate surface area is 117 Å². The van der Waals surface area contributed by atoms with Gasteiger partial charge >= 0.3 is 0 Å². The molecule has 102 valence electrons. The van der Waals surface area contributed by atoms with E-state index >= 15 is 0 Å². The van der Waals surface area contributed by atoms with Crippen LogP contribution in [0.4, 0.5) is 5.69 Å². The maximum absolute atomic E-state index is 11.5. The van der Waals surface area contributed by atoms with Crippen LogP contribution in [0.25, 0.3) is 0 Å². The molecule has 0 saturated carbocycles. The number of nitrogens with zero attached hydrogens (tertiary/aromatic N) is 2. The van der Waals surface area contributed by atoms with Crippen LogP contribution < -0.4 is 5.32 Å². The van der Waals surface area contributed by atoms with E-state index in [1.165, 1.54) is 18.4 Å². The molecular formula is C12H14ClN3O2S. The number of aryl methyl sites for hydroxylation is 1. The van der Waals surface area contributed by atoms with Gasteiger partial charge in [0.2, 0.25) is 0 Å². The zero-order chi connectivity index (χ0) is 14.0. The average molecular weight is 300 g/mol. The highest BCUT2D eigenvalue weighted by Gasteiger charge is 2.10. The van der Waals surface area contributed by atoms with Crippen LogP contribution in [0.3, 0.4) is 0 Å². The average Bonchev–Trinajstić information content (AvgIpc) is 2.72. The van der Waals surface area contributed by atoms with Crippen molar-refractivity contribution in [2.45, 2.75) is 11.4 Å². The minimum absolute atomic E-state index is 0.241.